The van der Waals surface area contributed by atoms with Gasteiger partial charge in [-0.25, -0.2) is 0 Å². The Morgan fingerprint density at radius 3 is 2.32 bits per heavy atom. The molecule has 6 heteroatoms. The summed E-state index contributed by atoms with van der Waals surface area (Å²) in [6, 6.07) is 13.1. The van der Waals surface area contributed by atoms with Crippen LogP contribution in [0.3, 0.4) is 0 Å². The first-order valence-corrected chi connectivity index (χ1v) is 6.84. The smallest absolute Gasteiger partial charge is 0.122 e. The van der Waals surface area contributed by atoms with Crippen molar-refractivity contribution in [2.75, 3.05) is 5.73 Å². The zero-order valence-electron chi connectivity index (χ0n) is 11.9. The van der Waals surface area contributed by atoms with Crippen molar-refractivity contribution >= 4 is 22.4 Å². The molecule has 0 aliphatic rings. The van der Waals surface area contributed by atoms with Gasteiger partial charge in [0.25, 0.3) is 0 Å². The van der Waals surface area contributed by atoms with Crippen molar-refractivity contribution in [2.45, 2.75) is 6.17 Å². The van der Waals surface area contributed by atoms with E-state index >= 15 is 0 Å². The number of hydrogen-bond donors (Lipinski definition) is 6. The van der Waals surface area contributed by atoms with Gasteiger partial charge in [0.2, 0.25) is 0 Å². The first-order chi connectivity index (χ1) is 10.5. The maximum absolute atomic E-state index is 7.51. The second-order valence-corrected chi connectivity index (χ2v) is 5.24. The van der Waals surface area contributed by atoms with Crippen molar-refractivity contribution in [2.24, 2.45) is 17.2 Å². The zero-order chi connectivity index (χ0) is 15.9. The maximum Gasteiger partial charge on any atom is 0.122 e. The lowest BCUT2D eigenvalue weighted by Gasteiger charge is -2.06. The Hall–Kier alpha value is -2.83. The van der Waals surface area contributed by atoms with Gasteiger partial charge in [-0.2, -0.15) is 0 Å². The van der Waals surface area contributed by atoms with Gasteiger partial charge in [0.15, 0.2) is 0 Å². The predicted octanol–water partition coefficient (Wildman–Crippen LogP) is 1.62. The fourth-order valence-electron chi connectivity index (χ4n) is 2.49. The molecule has 0 aliphatic carbocycles. The molecule has 0 atom stereocenters. The summed E-state index contributed by atoms with van der Waals surface area (Å²) < 4.78 is 0. The van der Waals surface area contributed by atoms with Crippen molar-refractivity contribution in [1.82, 2.24) is 4.98 Å². The van der Waals surface area contributed by atoms with Gasteiger partial charge in [-0.3, -0.25) is 5.41 Å². The Morgan fingerprint density at radius 1 is 1.05 bits per heavy atom. The number of fused-ring (bicyclic) bond motifs is 1. The van der Waals surface area contributed by atoms with E-state index < -0.39 is 6.17 Å². The summed E-state index contributed by atoms with van der Waals surface area (Å²) in [5.41, 5.74) is 27.9. The first kappa shape index (κ1) is 14.1. The van der Waals surface area contributed by atoms with Crippen LogP contribution in [0.1, 0.15) is 17.3 Å². The summed E-state index contributed by atoms with van der Waals surface area (Å²) in [5.74, 6) is 0.0258. The Labute approximate surface area is 127 Å². The lowest BCUT2D eigenvalue weighted by Crippen LogP contribution is -2.19. The number of nitrogens with two attached hydrogens (primary N) is 4. The highest BCUT2D eigenvalue weighted by atomic mass is 14.8. The van der Waals surface area contributed by atoms with Gasteiger partial charge in [0, 0.05) is 22.0 Å². The molecule has 0 aliphatic heterocycles. The van der Waals surface area contributed by atoms with Gasteiger partial charge in [-0.05, 0) is 11.6 Å². The summed E-state index contributed by atoms with van der Waals surface area (Å²) in [5, 5.41) is 8.41. The monoisotopic (exact) mass is 294 g/mol. The standard InChI is InChI=1S/C16H18N6/c17-13-11-6-5-10(16(20)21)7-12(11)22-14(13)8-1-3-9(4-2-8)15(18)19/h1-7,15,22H,17-19H2,(H3,20,21). The molecule has 22 heavy (non-hydrogen) atoms. The van der Waals surface area contributed by atoms with Gasteiger partial charge < -0.3 is 27.9 Å². The number of benzene rings is 2. The summed E-state index contributed by atoms with van der Waals surface area (Å²) >= 11 is 0. The highest BCUT2D eigenvalue weighted by Gasteiger charge is 2.12. The molecular formula is C16H18N6. The van der Waals surface area contributed by atoms with Gasteiger partial charge >= 0.3 is 0 Å². The molecule has 0 saturated carbocycles. The minimum atomic E-state index is -0.493. The topological polar surface area (TPSA) is 144 Å². The SMILES string of the molecule is N=C(N)c1ccc2c(N)c(-c3ccc(C(N)N)cc3)[nH]c2c1. The number of aromatic nitrogens is 1. The fraction of sp³-hybridized carbons (Fsp3) is 0.0625. The van der Waals surface area contributed by atoms with Crippen molar-refractivity contribution in [1.29, 1.82) is 5.41 Å². The third kappa shape index (κ3) is 2.30. The minimum absolute atomic E-state index is 0.0258. The number of aromatic amines is 1. The number of amidine groups is 1. The van der Waals surface area contributed by atoms with E-state index in [9.17, 15) is 0 Å². The molecule has 0 unspecified atom stereocenters. The molecule has 10 N–H and O–H groups in total. The third-order valence-electron chi connectivity index (χ3n) is 3.73. The van der Waals surface area contributed by atoms with E-state index in [1.807, 2.05) is 36.4 Å². The van der Waals surface area contributed by atoms with Crippen molar-refractivity contribution in [3.05, 3.63) is 53.6 Å². The normalized spacial score (nSPS) is 11.2. The van der Waals surface area contributed by atoms with Crippen LogP contribution in [0.4, 0.5) is 5.69 Å². The van der Waals surface area contributed by atoms with Gasteiger partial charge in [0.1, 0.15) is 5.84 Å². The lowest BCUT2D eigenvalue weighted by atomic mass is 10.1. The summed E-state index contributed by atoms with van der Waals surface area (Å²) in [7, 11) is 0. The van der Waals surface area contributed by atoms with E-state index in [0.717, 1.165) is 27.7 Å². The largest absolute Gasteiger partial charge is 0.396 e. The maximum atomic E-state index is 7.51. The highest BCUT2D eigenvalue weighted by molar-refractivity contribution is 6.04. The van der Waals surface area contributed by atoms with Gasteiger partial charge in [0.05, 0.1) is 17.5 Å². The van der Waals surface area contributed by atoms with Gasteiger partial charge in [-0.15, -0.1) is 0 Å². The molecule has 6 nitrogen and oxygen atoms in total. The average molecular weight is 294 g/mol. The van der Waals surface area contributed by atoms with E-state index in [1.165, 1.54) is 0 Å². The summed E-state index contributed by atoms with van der Waals surface area (Å²) in [6.45, 7) is 0. The second kappa shape index (κ2) is 5.18. The van der Waals surface area contributed by atoms with Crippen LogP contribution in [0.15, 0.2) is 42.5 Å². The van der Waals surface area contributed by atoms with E-state index in [4.69, 9.17) is 28.3 Å². The van der Waals surface area contributed by atoms with Crippen LogP contribution in [0.25, 0.3) is 22.2 Å². The van der Waals surface area contributed by atoms with E-state index in [-0.39, 0.29) is 5.84 Å². The summed E-state index contributed by atoms with van der Waals surface area (Å²) in [6.07, 6.45) is -0.493. The number of anilines is 1. The molecular weight excluding hydrogens is 276 g/mol. The molecule has 0 saturated heterocycles. The molecule has 3 aromatic rings. The number of hydrogen-bond acceptors (Lipinski definition) is 4. The van der Waals surface area contributed by atoms with Crippen LogP contribution in [0.5, 0.6) is 0 Å². The molecule has 0 spiro atoms. The third-order valence-corrected chi connectivity index (χ3v) is 3.73. The Balaban J connectivity index is 2.10. The van der Waals surface area contributed by atoms with Gasteiger partial charge in [-0.1, -0.05) is 36.4 Å². The molecule has 3 rings (SSSR count). The molecule has 0 radical (unpaired) electrons. The fourth-order valence-corrected chi connectivity index (χ4v) is 2.49. The highest BCUT2D eigenvalue weighted by Crippen LogP contribution is 2.33. The number of nitrogen functional groups attached to an aromatic ring is 2. The first-order valence-electron chi connectivity index (χ1n) is 6.84. The number of H-pyrrole nitrogens is 1. The van der Waals surface area contributed by atoms with Crippen LogP contribution in [0, 0.1) is 5.41 Å². The second-order valence-electron chi connectivity index (χ2n) is 5.24. The number of nitrogens with one attached hydrogen (secondary N) is 2. The van der Waals surface area contributed by atoms with Crippen LogP contribution in [-0.2, 0) is 0 Å². The Kier molecular flexibility index (Phi) is 3.32. The van der Waals surface area contributed by atoms with E-state index in [2.05, 4.69) is 4.98 Å². The van der Waals surface area contributed by atoms with Crippen LogP contribution < -0.4 is 22.9 Å². The van der Waals surface area contributed by atoms with Crippen LogP contribution >= 0.6 is 0 Å². The van der Waals surface area contributed by atoms with Crippen molar-refractivity contribution in [3.8, 4) is 11.3 Å². The quantitative estimate of drug-likeness (QED) is 0.248. The van der Waals surface area contributed by atoms with Crippen LogP contribution in [-0.4, -0.2) is 10.8 Å². The molecule has 112 valence electrons. The average Bonchev–Trinajstić information content (AvgIpc) is 2.84. The molecule has 0 fully saturated rings. The molecule has 2 aromatic carbocycles. The zero-order valence-corrected chi connectivity index (χ0v) is 11.9. The number of rotatable bonds is 3. The molecule has 0 amide bonds. The van der Waals surface area contributed by atoms with Crippen LogP contribution in [0.2, 0.25) is 0 Å². The van der Waals surface area contributed by atoms with Crippen molar-refractivity contribution in [3.63, 3.8) is 0 Å². The Morgan fingerprint density at radius 2 is 1.73 bits per heavy atom. The Bertz CT molecular complexity index is 845. The van der Waals surface area contributed by atoms with E-state index in [1.54, 1.807) is 6.07 Å². The molecule has 1 aromatic heterocycles. The molecule has 1 heterocycles. The van der Waals surface area contributed by atoms with Crippen molar-refractivity contribution < 1.29 is 0 Å². The van der Waals surface area contributed by atoms with E-state index in [0.29, 0.717) is 11.3 Å². The predicted molar refractivity (Wildman–Crippen MR) is 90.3 cm³/mol. The lowest BCUT2D eigenvalue weighted by molar-refractivity contribution is 0.774. The molecule has 0 bridgehead atoms. The summed E-state index contributed by atoms with van der Waals surface area (Å²) in [4.78, 5) is 3.28. The minimum Gasteiger partial charge on any atom is -0.396 e.